The van der Waals surface area contributed by atoms with Crippen molar-refractivity contribution in [1.29, 1.82) is 0 Å². The Morgan fingerprint density at radius 1 is 1.07 bits per heavy atom. The van der Waals surface area contributed by atoms with Gasteiger partial charge in [-0.05, 0) is 37.3 Å². The highest BCUT2D eigenvalue weighted by Gasteiger charge is 2.09. The van der Waals surface area contributed by atoms with Crippen LogP contribution in [0.5, 0.6) is 5.75 Å². The van der Waals surface area contributed by atoms with Crippen LogP contribution in [0.15, 0.2) is 60.9 Å². The molecule has 0 atom stereocenters. The first-order chi connectivity index (χ1) is 13.2. The molecule has 6 nitrogen and oxygen atoms in total. The van der Waals surface area contributed by atoms with E-state index in [2.05, 4.69) is 20.6 Å². The van der Waals surface area contributed by atoms with Crippen LogP contribution < -0.4 is 15.4 Å². The topological polar surface area (TPSA) is 76.1 Å². The molecule has 3 aromatic rings. The Morgan fingerprint density at radius 3 is 2.52 bits per heavy atom. The zero-order chi connectivity index (χ0) is 19.1. The lowest BCUT2D eigenvalue weighted by Crippen LogP contribution is -2.14. The van der Waals surface area contributed by atoms with Crippen molar-refractivity contribution in [3.8, 4) is 5.75 Å². The number of carbonyl (C=O) groups excluding carboxylic acids is 1. The summed E-state index contributed by atoms with van der Waals surface area (Å²) < 4.78 is 19.0. The molecular formula is C20H19FN4O2. The number of rotatable bonds is 7. The minimum Gasteiger partial charge on any atom is -0.494 e. The van der Waals surface area contributed by atoms with E-state index in [0.717, 1.165) is 5.75 Å². The van der Waals surface area contributed by atoms with Gasteiger partial charge in [0.05, 0.1) is 19.0 Å². The molecule has 0 radical (unpaired) electrons. The first kappa shape index (κ1) is 18.3. The average Bonchev–Trinajstić information content (AvgIpc) is 2.69. The van der Waals surface area contributed by atoms with Gasteiger partial charge in [-0.3, -0.25) is 4.79 Å². The summed E-state index contributed by atoms with van der Waals surface area (Å²) in [6.45, 7) is 2.76. The zero-order valence-electron chi connectivity index (χ0n) is 14.8. The van der Waals surface area contributed by atoms with Crippen molar-refractivity contribution < 1.29 is 13.9 Å². The van der Waals surface area contributed by atoms with Crippen LogP contribution in [0.2, 0.25) is 0 Å². The smallest absolute Gasteiger partial charge is 0.275 e. The van der Waals surface area contributed by atoms with Crippen LogP contribution in [-0.2, 0) is 6.54 Å². The van der Waals surface area contributed by atoms with Gasteiger partial charge in [0.25, 0.3) is 5.91 Å². The number of nitrogens with zero attached hydrogens (tertiary/aromatic N) is 2. The van der Waals surface area contributed by atoms with Gasteiger partial charge in [0.15, 0.2) is 0 Å². The molecule has 7 heteroatoms. The number of benzene rings is 2. The van der Waals surface area contributed by atoms with Crippen LogP contribution in [0.4, 0.5) is 15.9 Å². The number of carbonyl (C=O) groups is 1. The number of aromatic nitrogens is 2. The Hall–Kier alpha value is -3.48. The molecule has 0 aliphatic carbocycles. The first-order valence-corrected chi connectivity index (χ1v) is 8.49. The molecule has 3 rings (SSSR count). The highest BCUT2D eigenvalue weighted by atomic mass is 19.1. The number of hydrogen-bond acceptors (Lipinski definition) is 5. The zero-order valence-corrected chi connectivity index (χ0v) is 14.8. The van der Waals surface area contributed by atoms with Crippen LogP contribution in [0.3, 0.4) is 0 Å². The molecule has 0 saturated carbocycles. The molecule has 0 unspecified atom stereocenters. The monoisotopic (exact) mass is 366 g/mol. The van der Waals surface area contributed by atoms with E-state index in [1.165, 1.54) is 18.5 Å². The van der Waals surface area contributed by atoms with Gasteiger partial charge in [-0.25, -0.2) is 14.4 Å². The molecule has 0 spiro atoms. The molecule has 2 aromatic carbocycles. The van der Waals surface area contributed by atoms with Gasteiger partial charge in [-0.15, -0.1) is 0 Å². The van der Waals surface area contributed by atoms with E-state index < -0.39 is 0 Å². The minimum atomic E-state index is -0.368. The van der Waals surface area contributed by atoms with E-state index in [4.69, 9.17) is 4.74 Å². The lowest BCUT2D eigenvalue weighted by Gasteiger charge is -2.08. The predicted molar refractivity (Wildman–Crippen MR) is 101 cm³/mol. The quantitative estimate of drug-likeness (QED) is 0.664. The summed E-state index contributed by atoms with van der Waals surface area (Å²) in [7, 11) is 0. The molecule has 0 bridgehead atoms. The van der Waals surface area contributed by atoms with Gasteiger partial charge in [0.1, 0.15) is 23.1 Å². The molecule has 0 aliphatic rings. The van der Waals surface area contributed by atoms with Crippen molar-refractivity contribution in [2.24, 2.45) is 0 Å². The summed E-state index contributed by atoms with van der Waals surface area (Å²) in [5.41, 5.74) is 1.34. The highest BCUT2D eigenvalue weighted by molar-refractivity contribution is 6.02. The normalized spacial score (nSPS) is 10.3. The second kappa shape index (κ2) is 8.75. The molecule has 27 heavy (non-hydrogen) atoms. The Bertz CT molecular complexity index is 899. The summed E-state index contributed by atoms with van der Waals surface area (Å²) in [6.07, 6.45) is 2.81. The third-order valence-electron chi connectivity index (χ3n) is 3.73. The predicted octanol–water partition coefficient (Wildman–Crippen LogP) is 3.88. The minimum absolute atomic E-state index is 0.181. The van der Waals surface area contributed by atoms with Gasteiger partial charge >= 0.3 is 0 Å². The number of halogens is 1. The van der Waals surface area contributed by atoms with Crippen LogP contribution in [0.25, 0.3) is 0 Å². The van der Waals surface area contributed by atoms with E-state index in [1.807, 2.05) is 6.92 Å². The second-order valence-electron chi connectivity index (χ2n) is 5.64. The molecule has 0 fully saturated rings. The van der Waals surface area contributed by atoms with Crippen molar-refractivity contribution in [3.05, 3.63) is 78.0 Å². The van der Waals surface area contributed by atoms with E-state index in [0.29, 0.717) is 23.7 Å². The summed E-state index contributed by atoms with van der Waals surface area (Å²) in [5, 5.41) is 5.72. The summed E-state index contributed by atoms with van der Waals surface area (Å²) in [6, 6.07) is 13.5. The van der Waals surface area contributed by atoms with E-state index in [9.17, 15) is 9.18 Å². The first-order valence-electron chi connectivity index (χ1n) is 8.49. The lowest BCUT2D eigenvalue weighted by atomic mass is 10.2. The summed E-state index contributed by atoms with van der Waals surface area (Å²) in [5.74, 6) is 0.535. The SMILES string of the molecule is CCOc1ccc(NC(=O)c2cnc(NCc3ccccc3F)cn2)cc1. The largest absolute Gasteiger partial charge is 0.494 e. The second-order valence-corrected chi connectivity index (χ2v) is 5.64. The Balaban J connectivity index is 1.57. The van der Waals surface area contributed by atoms with Gasteiger partial charge in [0.2, 0.25) is 0 Å². The van der Waals surface area contributed by atoms with Gasteiger partial charge in [-0.1, -0.05) is 18.2 Å². The number of amides is 1. The molecule has 1 amide bonds. The fourth-order valence-corrected chi connectivity index (χ4v) is 2.36. The number of anilines is 2. The molecule has 0 aliphatic heterocycles. The maximum atomic E-state index is 13.6. The van der Waals surface area contributed by atoms with Crippen molar-refractivity contribution in [1.82, 2.24) is 9.97 Å². The number of hydrogen-bond donors (Lipinski definition) is 2. The number of ether oxygens (including phenoxy) is 1. The lowest BCUT2D eigenvalue weighted by molar-refractivity contribution is 0.102. The van der Waals surface area contributed by atoms with Crippen LogP contribution in [0.1, 0.15) is 23.0 Å². The fraction of sp³-hybridized carbons (Fsp3) is 0.150. The van der Waals surface area contributed by atoms with Crippen molar-refractivity contribution in [3.63, 3.8) is 0 Å². The van der Waals surface area contributed by atoms with Crippen molar-refractivity contribution in [2.45, 2.75) is 13.5 Å². The van der Waals surface area contributed by atoms with Crippen LogP contribution in [0, 0.1) is 5.82 Å². The van der Waals surface area contributed by atoms with Crippen LogP contribution >= 0.6 is 0 Å². The Kier molecular flexibility index (Phi) is 5.94. The Labute approximate surface area is 156 Å². The third-order valence-corrected chi connectivity index (χ3v) is 3.73. The maximum absolute atomic E-state index is 13.6. The Morgan fingerprint density at radius 2 is 1.85 bits per heavy atom. The molecule has 1 aromatic heterocycles. The summed E-state index contributed by atoms with van der Waals surface area (Å²) >= 11 is 0. The number of nitrogens with one attached hydrogen (secondary N) is 2. The standard InChI is InChI=1S/C20H19FN4O2/c1-2-27-16-9-7-15(8-10-16)25-20(26)18-12-24-19(13-22-18)23-11-14-5-3-4-6-17(14)21/h3-10,12-13H,2,11H2,1H3,(H,23,24)(H,25,26). The van der Waals surface area contributed by atoms with Gasteiger partial charge < -0.3 is 15.4 Å². The summed E-state index contributed by atoms with van der Waals surface area (Å²) in [4.78, 5) is 20.5. The van der Waals surface area contributed by atoms with E-state index in [1.54, 1.807) is 42.5 Å². The molecule has 138 valence electrons. The maximum Gasteiger partial charge on any atom is 0.275 e. The molecule has 2 N–H and O–H groups in total. The van der Waals surface area contributed by atoms with E-state index >= 15 is 0 Å². The van der Waals surface area contributed by atoms with Crippen molar-refractivity contribution in [2.75, 3.05) is 17.2 Å². The van der Waals surface area contributed by atoms with Crippen LogP contribution in [-0.4, -0.2) is 22.5 Å². The van der Waals surface area contributed by atoms with Gasteiger partial charge in [0, 0.05) is 17.8 Å². The average molecular weight is 366 g/mol. The molecule has 0 saturated heterocycles. The van der Waals surface area contributed by atoms with Gasteiger partial charge in [-0.2, -0.15) is 0 Å². The van der Waals surface area contributed by atoms with Crippen molar-refractivity contribution >= 4 is 17.4 Å². The highest BCUT2D eigenvalue weighted by Crippen LogP contribution is 2.16. The molecular weight excluding hydrogens is 347 g/mol. The van der Waals surface area contributed by atoms with E-state index in [-0.39, 0.29) is 24.0 Å². The molecule has 1 heterocycles. The third kappa shape index (κ3) is 5.01. The fourth-order valence-electron chi connectivity index (χ4n) is 2.36.